The van der Waals surface area contributed by atoms with Crippen molar-refractivity contribution in [2.75, 3.05) is 33.2 Å². The summed E-state index contributed by atoms with van der Waals surface area (Å²) in [6.07, 6.45) is 2.60. The van der Waals surface area contributed by atoms with Gasteiger partial charge in [-0.1, -0.05) is 0 Å². The maximum Gasteiger partial charge on any atom is 0.239 e. The number of likely N-dealkylation sites (N-methyl/N-ethyl adjacent to an activating group) is 1. The fourth-order valence-corrected chi connectivity index (χ4v) is 1.67. The molecule has 1 rings (SSSR count). The molecule has 88 valence electrons. The number of hydrogen-bond acceptors (Lipinski definition) is 3. The van der Waals surface area contributed by atoms with Crippen LogP contribution in [0.3, 0.4) is 0 Å². The molecule has 0 unspecified atom stereocenters. The van der Waals surface area contributed by atoms with E-state index in [0.717, 1.165) is 13.1 Å². The predicted octanol–water partition coefficient (Wildman–Crippen LogP) is 0.196. The van der Waals surface area contributed by atoms with Crippen LogP contribution in [-0.4, -0.2) is 49.6 Å². The van der Waals surface area contributed by atoms with Crippen molar-refractivity contribution in [2.45, 2.75) is 32.2 Å². The molecule has 0 bridgehead atoms. The molecule has 0 aromatic rings. The number of carbonyl (C=O) groups is 1. The molecular weight excluding hydrogens is 190 g/mol. The van der Waals surface area contributed by atoms with Crippen molar-refractivity contribution in [3.63, 3.8) is 0 Å². The van der Waals surface area contributed by atoms with Crippen molar-refractivity contribution in [3.05, 3.63) is 0 Å². The van der Waals surface area contributed by atoms with Gasteiger partial charge < -0.3 is 15.5 Å². The van der Waals surface area contributed by atoms with Gasteiger partial charge in [0, 0.05) is 13.1 Å². The molecule has 4 nitrogen and oxygen atoms in total. The summed E-state index contributed by atoms with van der Waals surface area (Å²) < 4.78 is 0. The van der Waals surface area contributed by atoms with E-state index in [1.54, 1.807) is 7.05 Å². The van der Waals surface area contributed by atoms with E-state index in [0.29, 0.717) is 0 Å². The van der Waals surface area contributed by atoms with Gasteiger partial charge in [-0.25, -0.2) is 0 Å². The summed E-state index contributed by atoms with van der Waals surface area (Å²) >= 11 is 0. The lowest BCUT2D eigenvalue weighted by Gasteiger charge is -2.23. The molecule has 0 aromatic carbocycles. The molecule has 0 atom stereocenters. The normalized spacial score (nSPS) is 18.1. The molecule has 1 fully saturated rings. The van der Waals surface area contributed by atoms with E-state index in [9.17, 15) is 4.79 Å². The first-order valence-corrected chi connectivity index (χ1v) is 5.76. The Morgan fingerprint density at radius 1 is 1.33 bits per heavy atom. The molecule has 1 heterocycles. The first-order chi connectivity index (χ1) is 7.06. The summed E-state index contributed by atoms with van der Waals surface area (Å²) in [5.74, 6) is 0.0733. The van der Waals surface area contributed by atoms with Gasteiger partial charge in [0.05, 0.1) is 5.54 Å². The summed E-state index contributed by atoms with van der Waals surface area (Å²) in [6, 6.07) is 0. The molecule has 0 spiro atoms. The molecule has 1 saturated heterocycles. The van der Waals surface area contributed by atoms with E-state index >= 15 is 0 Å². The Kier molecular flexibility index (Phi) is 4.54. The van der Waals surface area contributed by atoms with Crippen LogP contribution in [0.15, 0.2) is 0 Å². The topological polar surface area (TPSA) is 44.4 Å². The number of rotatable bonds is 5. The van der Waals surface area contributed by atoms with Crippen molar-refractivity contribution in [3.8, 4) is 0 Å². The van der Waals surface area contributed by atoms with Gasteiger partial charge in [-0.15, -0.1) is 0 Å². The predicted molar refractivity (Wildman–Crippen MR) is 61.8 cm³/mol. The zero-order chi connectivity index (χ0) is 11.3. The Balaban J connectivity index is 2.16. The highest BCUT2D eigenvalue weighted by Crippen LogP contribution is 2.05. The maximum atomic E-state index is 11.7. The number of nitrogens with one attached hydrogen (secondary N) is 2. The SMILES string of the molecule is CNC(C)(C)C(=O)NCCN1CCCC1. The summed E-state index contributed by atoms with van der Waals surface area (Å²) in [4.78, 5) is 14.1. The van der Waals surface area contributed by atoms with E-state index in [1.807, 2.05) is 13.8 Å². The van der Waals surface area contributed by atoms with Crippen LogP contribution >= 0.6 is 0 Å². The number of nitrogens with zero attached hydrogens (tertiary/aromatic N) is 1. The van der Waals surface area contributed by atoms with Crippen LogP contribution in [0, 0.1) is 0 Å². The molecule has 4 heteroatoms. The lowest BCUT2D eigenvalue weighted by Crippen LogP contribution is -2.52. The highest BCUT2D eigenvalue weighted by atomic mass is 16.2. The van der Waals surface area contributed by atoms with Gasteiger partial charge in [-0.2, -0.15) is 0 Å². The molecule has 0 radical (unpaired) electrons. The highest BCUT2D eigenvalue weighted by Gasteiger charge is 2.24. The zero-order valence-electron chi connectivity index (χ0n) is 10.1. The van der Waals surface area contributed by atoms with Crippen molar-refractivity contribution < 1.29 is 4.79 Å². The van der Waals surface area contributed by atoms with Gasteiger partial charge in [-0.3, -0.25) is 4.79 Å². The Labute approximate surface area is 92.4 Å². The summed E-state index contributed by atoms with van der Waals surface area (Å²) in [7, 11) is 1.81. The van der Waals surface area contributed by atoms with Gasteiger partial charge in [0.15, 0.2) is 0 Å². The second kappa shape index (κ2) is 5.47. The Morgan fingerprint density at radius 2 is 1.93 bits per heavy atom. The zero-order valence-corrected chi connectivity index (χ0v) is 10.1. The fraction of sp³-hybridized carbons (Fsp3) is 0.909. The van der Waals surface area contributed by atoms with Crippen molar-refractivity contribution in [1.29, 1.82) is 0 Å². The van der Waals surface area contributed by atoms with E-state index in [2.05, 4.69) is 15.5 Å². The molecule has 0 aliphatic carbocycles. The van der Waals surface area contributed by atoms with Crippen LogP contribution in [0.2, 0.25) is 0 Å². The van der Waals surface area contributed by atoms with E-state index < -0.39 is 5.54 Å². The summed E-state index contributed by atoms with van der Waals surface area (Å²) in [6.45, 7) is 7.88. The molecule has 15 heavy (non-hydrogen) atoms. The number of carbonyl (C=O) groups excluding carboxylic acids is 1. The average Bonchev–Trinajstić information content (AvgIpc) is 2.70. The van der Waals surface area contributed by atoms with Crippen molar-refractivity contribution in [2.24, 2.45) is 0 Å². The Morgan fingerprint density at radius 3 is 2.47 bits per heavy atom. The van der Waals surface area contributed by atoms with Gasteiger partial charge in [0.2, 0.25) is 5.91 Å². The van der Waals surface area contributed by atoms with Crippen molar-refractivity contribution in [1.82, 2.24) is 15.5 Å². The van der Waals surface area contributed by atoms with Crippen LogP contribution in [0.5, 0.6) is 0 Å². The average molecular weight is 213 g/mol. The summed E-state index contributed by atoms with van der Waals surface area (Å²) in [5, 5.41) is 5.95. The first-order valence-electron chi connectivity index (χ1n) is 5.76. The molecule has 0 aromatic heterocycles. The number of likely N-dealkylation sites (tertiary alicyclic amines) is 1. The number of hydrogen-bond donors (Lipinski definition) is 2. The highest BCUT2D eigenvalue weighted by molar-refractivity contribution is 5.85. The Hall–Kier alpha value is -0.610. The standard InChI is InChI=1S/C11H23N3O/c1-11(2,12-3)10(15)13-6-9-14-7-4-5-8-14/h12H,4-9H2,1-3H3,(H,13,15). The second-order valence-corrected chi connectivity index (χ2v) is 4.68. The quantitative estimate of drug-likeness (QED) is 0.685. The number of amides is 1. The second-order valence-electron chi connectivity index (χ2n) is 4.68. The van der Waals surface area contributed by atoms with Crippen LogP contribution in [0.4, 0.5) is 0 Å². The van der Waals surface area contributed by atoms with E-state index in [1.165, 1.54) is 25.9 Å². The van der Waals surface area contributed by atoms with E-state index in [4.69, 9.17) is 0 Å². The van der Waals surface area contributed by atoms with E-state index in [-0.39, 0.29) is 5.91 Å². The monoisotopic (exact) mass is 213 g/mol. The largest absolute Gasteiger partial charge is 0.353 e. The molecule has 0 saturated carbocycles. The molecular formula is C11H23N3O. The third kappa shape index (κ3) is 3.80. The third-order valence-electron chi connectivity index (χ3n) is 3.10. The van der Waals surface area contributed by atoms with Gasteiger partial charge in [-0.05, 0) is 46.8 Å². The minimum atomic E-state index is -0.467. The minimum Gasteiger partial charge on any atom is -0.353 e. The maximum absolute atomic E-state index is 11.7. The molecule has 1 aliphatic heterocycles. The van der Waals surface area contributed by atoms with Gasteiger partial charge >= 0.3 is 0 Å². The van der Waals surface area contributed by atoms with Crippen LogP contribution < -0.4 is 10.6 Å². The molecule has 2 N–H and O–H groups in total. The minimum absolute atomic E-state index is 0.0733. The van der Waals surface area contributed by atoms with Crippen LogP contribution in [-0.2, 0) is 4.79 Å². The lowest BCUT2D eigenvalue weighted by molar-refractivity contribution is -0.126. The first kappa shape index (κ1) is 12.5. The lowest BCUT2D eigenvalue weighted by atomic mass is 10.1. The van der Waals surface area contributed by atoms with Crippen LogP contribution in [0.25, 0.3) is 0 Å². The molecule has 1 aliphatic rings. The van der Waals surface area contributed by atoms with Crippen LogP contribution in [0.1, 0.15) is 26.7 Å². The van der Waals surface area contributed by atoms with Gasteiger partial charge in [0.25, 0.3) is 0 Å². The fourth-order valence-electron chi connectivity index (χ4n) is 1.67. The van der Waals surface area contributed by atoms with Gasteiger partial charge in [0.1, 0.15) is 0 Å². The third-order valence-corrected chi connectivity index (χ3v) is 3.10. The van der Waals surface area contributed by atoms with Crippen molar-refractivity contribution >= 4 is 5.91 Å². The summed E-state index contributed by atoms with van der Waals surface area (Å²) in [5.41, 5.74) is -0.467. The Bertz CT molecular complexity index is 210. The molecule has 1 amide bonds. The smallest absolute Gasteiger partial charge is 0.239 e.